The van der Waals surface area contributed by atoms with Crippen molar-refractivity contribution >= 4 is 23.4 Å². The Morgan fingerprint density at radius 3 is 2.80 bits per heavy atom. The van der Waals surface area contributed by atoms with Gasteiger partial charge in [0.25, 0.3) is 5.56 Å². The number of aliphatic hydroxyl groups excluding tert-OH is 3. The average Bonchev–Trinajstić information content (AvgIpc) is 2.93. The minimum absolute atomic E-state index is 0.133. The number of nitrogens with one attached hydrogen (secondary N) is 2. The number of H-pyrrole nitrogens is 2. The number of hydrogen-bond donors (Lipinski definition) is 5. The van der Waals surface area contributed by atoms with Crippen LogP contribution in [0.25, 0.3) is 11.2 Å². The molecule has 1 aliphatic rings. The first-order valence-electron chi connectivity index (χ1n) is 5.84. The van der Waals surface area contributed by atoms with Crippen molar-refractivity contribution in [2.45, 2.75) is 24.5 Å². The van der Waals surface area contributed by atoms with Gasteiger partial charge in [-0.3, -0.25) is 14.3 Å². The van der Waals surface area contributed by atoms with Gasteiger partial charge in [-0.2, -0.15) is 0 Å². The van der Waals surface area contributed by atoms with Crippen LogP contribution < -0.4 is 5.56 Å². The van der Waals surface area contributed by atoms with Gasteiger partial charge in [0.05, 0.1) is 12.9 Å². The van der Waals surface area contributed by atoms with Gasteiger partial charge in [-0.15, -0.1) is 0 Å². The Morgan fingerprint density at radius 2 is 2.15 bits per heavy atom. The van der Waals surface area contributed by atoms with Gasteiger partial charge in [0.1, 0.15) is 18.3 Å². The molecule has 5 N–H and O–H groups in total. The van der Waals surface area contributed by atoms with Gasteiger partial charge >= 0.3 is 0 Å². The molecular formula is C10H12N4O5S. The van der Waals surface area contributed by atoms with Crippen LogP contribution in [-0.2, 0) is 4.74 Å². The van der Waals surface area contributed by atoms with E-state index in [-0.39, 0.29) is 15.9 Å². The van der Waals surface area contributed by atoms with Gasteiger partial charge in [-0.1, -0.05) is 0 Å². The van der Waals surface area contributed by atoms with Gasteiger partial charge in [0.15, 0.2) is 22.2 Å². The predicted octanol–water partition coefficient (Wildman–Crippen LogP) is -1.61. The van der Waals surface area contributed by atoms with Gasteiger partial charge in [0, 0.05) is 0 Å². The molecule has 108 valence electrons. The van der Waals surface area contributed by atoms with E-state index in [9.17, 15) is 15.0 Å². The van der Waals surface area contributed by atoms with E-state index in [1.165, 1.54) is 10.9 Å². The first-order valence-corrected chi connectivity index (χ1v) is 6.25. The summed E-state index contributed by atoms with van der Waals surface area (Å²) < 4.78 is 6.78. The van der Waals surface area contributed by atoms with E-state index in [1.807, 2.05) is 0 Å². The SMILES string of the molecule is O=c1[nH]c(=S)[nH]c2ncn([C@H]3O[C@@H](CO)[C@@H](O)[C@@H]3O)c12. The molecular weight excluding hydrogens is 288 g/mol. The highest BCUT2D eigenvalue weighted by atomic mass is 32.1. The lowest BCUT2D eigenvalue weighted by Crippen LogP contribution is -2.33. The Bertz CT molecular complexity index is 752. The lowest BCUT2D eigenvalue weighted by molar-refractivity contribution is -0.0509. The Balaban J connectivity index is 2.12. The van der Waals surface area contributed by atoms with Crippen LogP contribution in [0.3, 0.4) is 0 Å². The van der Waals surface area contributed by atoms with Crippen molar-refractivity contribution in [1.29, 1.82) is 0 Å². The number of aliphatic hydroxyl groups is 3. The molecule has 0 amide bonds. The highest BCUT2D eigenvalue weighted by Crippen LogP contribution is 2.30. The highest BCUT2D eigenvalue weighted by Gasteiger charge is 2.43. The van der Waals surface area contributed by atoms with Crippen molar-refractivity contribution in [2.24, 2.45) is 0 Å². The summed E-state index contributed by atoms with van der Waals surface area (Å²) in [6.07, 6.45) is -3.17. The molecule has 4 atom stereocenters. The number of ether oxygens (including phenoxy) is 1. The lowest BCUT2D eigenvalue weighted by Gasteiger charge is -2.16. The third-order valence-electron chi connectivity index (χ3n) is 3.26. The van der Waals surface area contributed by atoms with E-state index in [0.717, 1.165) is 0 Å². The summed E-state index contributed by atoms with van der Waals surface area (Å²) >= 11 is 4.84. The maximum Gasteiger partial charge on any atom is 0.278 e. The second-order valence-corrected chi connectivity index (χ2v) is 4.89. The quantitative estimate of drug-likeness (QED) is 0.421. The van der Waals surface area contributed by atoms with Crippen molar-refractivity contribution in [3.63, 3.8) is 0 Å². The number of aromatic amines is 2. The summed E-state index contributed by atoms with van der Waals surface area (Å²) in [6, 6.07) is 0. The van der Waals surface area contributed by atoms with Crippen molar-refractivity contribution < 1.29 is 20.1 Å². The molecule has 9 nitrogen and oxygen atoms in total. The summed E-state index contributed by atoms with van der Waals surface area (Å²) in [5.74, 6) is 0. The Hall–Kier alpha value is -1.59. The number of fused-ring (bicyclic) bond motifs is 1. The zero-order valence-corrected chi connectivity index (χ0v) is 10.9. The normalized spacial score (nSPS) is 30.1. The number of hydrogen-bond acceptors (Lipinski definition) is 7. The second kappa shape index (κ2) is 4.75. The van der Waals surface area contributed by atoms with E-state index < -0.39 is 36.7 Å². The fourth-order valence-electron chi connectivity index (χ4n) is 2.28. The molecule has 1 fully saturated rings. The minimum atomic E-state index is -1.29. The van der Waals surface area contributed by atoms with E-state index in [4.69, 9.17) is 22.1 Å². The fraction of sp³-hybridized carbons (Fsp3) is 0.500. The molecule has 0 bridgehead atoms. The van der Waals surface area contributed by atoms with Crippen LogP contribution in [-0.4, -0.2) is 59.8 Å². The molecule has 0 spiro atoms. The van der Waals surface area contributed by atoms with Crippen molar-refractivity contribution in [3.8, 4) is 0 Å². The van der Waals surface area contributed by atoms with Gasteiger partial charge in [-0.25, -0.2) is 4.98 Å². The van der Waals surface area contributed by atoms with E-state index >= 15 is 0 Å². The minimum Gasteiger partial charge on any atom is -0.394 e. The molecule has 3 rings (SSSR count). The molecule has 0 aliphatic carbocycles. The van der Waals surface area contributed by atoms with E-state index in [0.29, 0.717) is 0 Å². The molecule has 20 heavy (non-hydrogen) atoms. The van der Waals surface area contributed by atoms with E-state index in [2.05, 4.69) is 15.0 Å². The molecule has 3 heterocycles. The maximum absolute atomic E-state index is 11.9. The molecule has 0 radical (unpaired) electrons. The number of imidazole rings is 1. The van der Waals surface area contributed by atoms with Crippen LogP contribution in [0.1, 0.15) is 6.23 Å². The molecule has 0 aromatic carbocycles. The molecule has 0 saturated carbocycles. The van der Waals surface area contributed by atoms with Crippen molar-refractivity contribution in [2.75, 3.05) is 6.61 Å². The summed E-state index contributed by atoms with van der Waals surface area (Å²) in [7, 11) is 0. The van der Waals surface area contributed by atoms with Crippen LogP contribution in [0, 0.1) is 4.77 Å². The summed E-state index contributed by atoms with van der Waals surface area (Å²) in [4.78, 5) is 21.0. The first kappa shape index (κ1) is 13.4. The number of nitrogens with zero attached hydrogens (tertiary/aromatic N) is 2. The van der Waals surface area contributed by atoms with Gasteiger partial charge < -0.3 is 25.0 Å². The Morgan fingerprint density at radius 1 is 1.40 bits per heavy atom. The van der Waals surface area contributed by atoms with Crippen LogP contribution in [0.15, 0.2) is 11.1 Å². The zero-order valence-electron chi connectivity index (χ0n) is 10.1. The molecule has 1 aliphatic heterocycles. The monoisotopic (exact) mass is 300 g/mol. The third kappa shape index (κ3) is 1.89. The number of rotatable bonds is 2. The summed E-state index contributed by atoms with van der Waals surface area (Å²) in [5, 5.41) is 28.8. The summed E-state index contributed by atoms with van der Waals surface area (Å²) in [6.45, 7) is -0.444. The second-order valence-electron chi connectivity index (χ2n) is 4.49. The highest BCUT2D eigenvalue weighted by molar-refractivity contribution is 7.71. The Labute approximate surface area is 116 Å². The molecule has 2 aromatic rings. The topological polar surface area (TPSA) is 136 Å². The Kier molecular flexibility index (Phi) is 3.18. The average molecular weight is 300 g/mol. The summed E-state index contributed by atoms with van der Waals surface area (Å²) in [5.41, 5.74) is -0.107. The van der Waals surface area contributed by atoms with Gasteiger partial charge in [-0.05, 0) is 12.2 Å². The third-order valence-corrected chi connectivity index (χ3v) is 3.46. The fourth-order valence-corrected chi connectivity index (χ4v) is 2.47. The molecule has 0 unspecified atom stereocenters. The standard InChI is InChI=1S/C10H12N4O5S/c15-1-3-5(16)6(17)9(19-3)14-2-11-7-4(14)8(18)13-10(20)12-7/h2-3,5-6,9,15-17H,1H2,(H2,12,13,18,20)/t3-,5+,6-,9-/m0/s1. The van der Waals surface area contributed by atoms with Crippen molar-refractivity contribution in [1.82, 2.24) is 19.5 Å². The van der Waals surface area contributed by atoms with E-state index in [1.54, 1.807) is 0 Å². The van der Waals surface area contributed by atoms with Crippen molar-refractivity contribution in [3.05, 3.63) is 21.5 Å². The maximum atomic E-state index is 11.9. The number of aromatic nitrogens is 4. The molecule has 2 aromatic heterocycles. The first-order chi connectivity index (χ1) is 9.52. The molecule has 10 heteroatoms. The smallest absolute Gasteiger partial charge is 0.278 e. The van der Waals surface area contributed by atoms with Gasteiger partial charge in [0.2, 0.25) is 0 Å². The zero-order chi connectivity index (χ0) is 14.4. The molecule has 1 saturated heterocycles. The van der Waals surface area contributed by atoms with Crippen LogP contribution in [0.2, 0.25) is 0 Å². The predicted molar refractivity (Wildman–Crippen MR) is 68.5 cm³/mol. The van der Waals surface area contributed by atoms with Crippen LogP contribution >= 0.6 is 12.2 Å². The van der Waals surface area contributed by atoms with Crippen LogP contribution in [0.4, 0.5) is 0 Å². The van der Waals surface area contributed by atoms with Crippen LogP contribution in [0.5, 0.6) is 0 Å². The lowest BCUT2D eigenvalue weighted by atomic mass is 10.1. The largest absolute Gasteiger partial charge is 0.394 e.